The SMILES string of the molecule is O=C(O)CCSCc1cccc(NC(=O)C2CCCCC2)c1. The second kappa shape index (κ2) is 8.83. The molecule has 1 amide bonds. The van der Waals surface area contributed by atoms with Crippen LogP contribution in [-0.2, 0) is 15.3 Å². The average molecular weight is 321 g/mol. The van der Waals surface area contributed by atoms with Crippen LogP contribution >= 0.6 is 11.8 Å². The van der Waals surface area contributed by atoms with E-state index < -0.39 is 5.97 Å². The third kappa shape index (κ3) is 5.72. The van der Waals surface area contributed by atoms with Gasteiger partial charge in [-0.25, -0.2) is 0 Å². The van der Waals surface area contributed by atoms with Gasteiger partial charge in [0.25, 0.3) is 0 Å². The van der Waals surface area contributed by atoms with Gasteiger partial charge >= 0.3 is 5.97 Å². The standard InChI is InChI=1S/C17H23NO3S/c19-16(20)9-10-22-12-13-5-4-8-15(11-13)18-17(21)14-6-2-1-3-7-14/h4-5,8,11,14H,1-3,6-7,9-10,12H2,(H,18,21)(H,19,20). The highest BCUT2D eigenvalue weighted by Gasteiger charge is 2.20. The summed E-state index contributed by atoms with van der Waals surface area (Å²) in [6, 6.07) is 7.83. The molecule has 1 fully saturated rings. The highest BCUT2D eigenvalue weighted by atomic mass is 32.2. The lowest BCUT2D eigenvalue weighted by atomic mass is 9.88. The molecular formula is C17H23NO3S. The van der Waals surface area contributed by atoms with Crippen molar-refractivity contribution in [2.24, 2.45) is 5.92 Å². The van der Waals surface area contributed by atoms with Crippen LogP contribution in [0.5, 0.6) is 0 Å². The van der Waals surface area contributed by atoms with Crippen molar-refractivity contribution in [2.45, 2.75) is 44.3 Å². The number of carbonyl (C=O) groups is 2. The van der Waals surface area contributed by atoms with Gasteiger partial charge in [0, 0.05) is 23.1 Å². The summed E-state index contributed by atoms with van der Waals surface area (Å²) in [5, 5.41) is 11.6. The number of carbonyl (C=O) groups excluding carboxylic acids is 1. The summed E-state index contributed by atoms with van der Waals surface area (Å²) in [6.07, 6.45) is 5.72. The quantitative estimate of drug-likeness (QED) is 0.747. The maximum absolute atomic E-state index is 12.2. The maximum Gasteiger partial charge on any atom is 0.304 e. The predicted octanol–water partition coefficient (Wildman–Crippen LogP) is 3.91. The lowest BCUT2D eigenvalue weighted by molar-refractivity contribution is -0.136. The number of carboxylic acid groups (broad SMARTS) is 1. The smallest absolute Gasteiger partial charge is 0.304 e. The molecule has 0 unspecified atom stereocenters. The lowest BCUT2D eigenvalue weighted by Crippen LogP contribution is -2.24. The minimum atomic E-state index is -0.763. The van der Waals surface area contributed by atoms with Crippen molar-refractivity contribution in [3.05, 3.63) is 29.8 Å². The highest BCUT2D eigenvalue weighted by molar-refractivity contribution is 7.98. The molecule has 0 aliphatic heterocycles. The molecule has 0 spiro atoms. The lowest BCUT2D eigenvalue weighted by Gasteiger charge is -2.20. The molecule has 120 valence electrons. The Balaban J connectivity index is 1.82. The van der Waals surface area contributed by atoms with E-state index in [1.165, 1.54) is 6.42 Å². The van der Waals surface area contributed by atoms with Crippen LogP contribution in [0.2, 0.25) is 0 Å². The van der Waals surface area contributed by atoms with E-state index in [4.69, 9.17) is 5.11 Å². The Morgan fingerprint density at radius 2 is 2.00 bits per heavy atom. The van der Waals surface area contributed by atoms with Crippen molar-refractivity contribution < 1.29 is 14.7 Å². The van der Waals surface area contributed by atoms with Crippen LogP contribution in [0.15, 0.2) is 24.3 Å². The van der Waals surface area contributed by atoms with Gasteiger partial charge in [-0.3, -0.25) is 9.59 Å². The Bertz CT molecular complexity index is 512. The van der Waals surface area contributed by atoms with E-state index in [9.17, 15) is 9.59 Å². The zero-order valence-corrected chi connectivity index (χ0v) is 13.5. The maximum atomic E-state index is 12.2. The van der Waals surface area contributed by atoms with Crippen LogP contribution < -0.4 is 5.32 Å². The molecule has 4 nitrogen and oxygen atoms in total. The average Bonchev–Trinajstić information content (AvgIpc) is 2.52. The minimum absolute atomic E-state index is 0.135. The topological polar surface area (TPSA) is 66.4 Å². The Morgan fingerprint density at radius 1 is 1.23 bits per heavy atom. The zero-order chi connectivity index (χ0) is 15.8. The molecule has 1 aromatic carbocycles. The number of aliphatic carboxylic acids is 1. The van der Waals surface area contributed by atoms with Gasteiger partial charge in [-0.15, -0.1) is 0 Å². The van der Waals surface area contributed by atoms with Crippen molar-refractivity contribution in [2.75, 3.05) is 11.1 Å². The molecule has 1 aliphatic carbocycles. The molecule has 0 bridgehead atoms. The molecule has 1 aliphatic rings. The summed E-state index contributed by atoms with van der Waals surface area (Å²) >= 11 is 1.60. The van der Waals surface area contributed by atoms with E-state index >= 15 is 0 Å². The summed E-state index contributed by atoms with van der Waals surface area (Å²) in [4.78, 5) is 22.7. The van der Waals surface area contributed by atoms with Crippen molar-refractivity contribution in [1.82, 2.24) is 0 Å². The number of hydrogen-bond acceptors (Lipinski definition) is 3. The van der Waals surface area contributed by atoms with Crippen molar-refractivity contribution in [3.63, 3.8) is 0 Å². The fourth-order valence-electron chi connectivity index (χ4n) is 2.70. The van der Waals surface area contributed by atoms with E-state index in [-0.39, 0.29) is 18.2 Å². The second-order valence-corrected chi connectivity index (χ2v) is 6.83. The predicted molar refractivity (Wildman–Crippen MR) is 90.1 cm³/mol. The molecule has 0 aromatic heterocycles. The zero-order valence-electron chi connectivity index (χ0n) is 12.7. The first-order valence-corrected chi connectivity index (χ1v) is 9.00. The van der Waals surface area contributed by atoms with Gasteiger partial charge in [-0.2, -0.15) is 11.8 Å². The monoisotopic (exact) mass is 321 g/mol. The largest absolute Gasteiger partial charge is 0.481 e. The molecular weight excluding hydrogens is 298 g/mol. The Morgan fingerprint density at radius 3 is 2.73 bits per heavy atom. The first-order chi connectivity index (χ1) is 10.6. The Labute approximate surface area is 135 Å². The fourth-order valence-corrected chi connectivity index (χ4v) is 3.58. The van der Waals surface area contributed by atoms with Crippen LogP contribution in [0.25, 0.3) is 0 Å². The van der Waals surface area contributed by atoms with E-state index in [1.54, 1.807) is 11.8 Å². The van der Waals surface area contributed by atoms with Gasteiger partial charge in [0.05, 0.1) is 6.42 Å². The van der Waals surface area contributed by atoms with E-state index in [1.807, 2.05) is 24.3 Å². The summed E-state index contributed by atoms with van der Waals surface area (Å²) in [5.74, 6) is 0.896. The molecule has 1 saturated carbocycles. The number of thioether (sulfide) groups is 1. The summed E-state index contributed by atoms with van der Waals surface area (Å²) in [6.45, 7) is 0. The summed E-state index contributed by atoms with van der Waals surface area (Å²) < 4.78 is 0. The number of anilines is 1. The number of carboxylic acids is 1. The second-order valence-electron chi connectivity index (χ2n) is 5.72. The first kappa shape index (κ1) is 16.9. The van der Waals surface area contributed by atoms with Crippen molar-refractivity contribution in [3.8, 4) is 0 Å². The fraction of sp³-hybridized carbons (Fsp3) is 0.529. The molecule has 2 N–H and O–H groups in total. The molecule has 22 heavy (non-hydrogen) atoms. The number of nitrogens with one attached hydrogen (secondary N) is 1. The van der Waals surface area contributed by atoms with Crippen LogP contribution in [0.1, 0.15) is 44.1 Å². The highest BCUT2D eigenvalue weighted by Crippen LogP contribution is 2.25. The van der Waals surface area contributed by atoms with Gasteiger partial charge in [0.15, 0.2) is 0 Å². The van der Waals surface area contributed by atoms with Gasteiger partial charge in [-0.05, 0) is 30.5 Å². The van der Waals surface area contributed by atoms with Crippen LogP contribution in [-0.4, -0.2) is 22.7 Å². The van der Waals surface area contributed by atoms with Gasteiger partial charge < -0.3 is 10.4 Å². The number of rotatable bonds is 7. The van der Waals surface area contributed by atoms with Crippen LogP contribution in [0.4, 0.5) is 5.69 Å². The molecule has 0 heterocycles. The van der Waals surface area contributed by atoms with Crippen LogP contribution in [0.3, 0.4) is 0 Å². The number of benzene rings is 1. The third-order valence-electron chi connectivity index (χ3n) is 3.90. The van der Waals surface area contributed by atoms with Gasteiger partial charge in [-0.1, -0.05) is 31.4 Å². The van der Waals surface area contributed by atoms with Gasteiger partial charge in [0.2, 0.25) is 5.91 Å². The Hall–Kier alpha value is -1.49. The van der Waals surface area contributed by atoms with Gasteiger partial charge in [0.1, 0.15) is 0 Å². The van der Waals surface area contributed by atoms with Crippen molar-refractivity contribution in [1.29, 1.82) is 0 Å². The van der Waals surface area contributed by atoms with E-state index in [0.717, 1.165) is 42.7 Å². The molecule has 0 saturated heterocycles. The Kier molecular flexibility index (Phi) is 6.77. The molecule has 2 rings (SSSR count). The molecule has 1 aromatic rings. The van der Waals surface area contributed by atoms with Crippen molar-refractivity contribution >= 4 is 29.3 Å². The minimum Gasteiger partial charge on any atom is -0.481 e. The summed E-state index contributed by atoms with van der Waals surface area (Å²) in [7, 11) is 0. The van der Waals surface area contributed by atoms with E-state index in [0.29, 0.717) is 5.75 Å². The molecule has 5 heteroatoms. The molecule has 0 atom stereocenters. The van der Waals surface area contributed by atoms with E-state index in [2.05, 4.69) is 5.32 Å². The number of amides is 1. The molecule has 0 radical (unpaired) electrons. The summed E-state index contributed by atoms with van der Waals surface area (Å²) in [5.41, 5.74) is 1.95. The third-order valence-corrected chi connectivity index (χ3v) is 4.93. The first-order valence-electron chi connectivity index (χ1n) is 7.84. The normalized spacial score (nSPS) is 15.5. The van der Waals surface area contributed by atoms with Crippen LogP contribution in [0, 0.1) is 5.92 Å². The number of hydrogen-bond donors (Lipinski definition) is 2.